The summed E-state index contributed by atoms with van der Waals surface area (Å²) in [6.07, 6.45) is 7.05. The van der Waals surface area contributed by atoms with Crippen LogP contribution in [-0.2, 0) is 11.3 Å². The molecule has 22 heavy (non-hydrogen) atoms. The van der Waals surface area contributed by atoms with Gasteiger partial charge in [-0.05, 0) is 38.3 Å². The first-order valence-electron chi connectivity index (χ1n) is 7.89. The molecule has 2 aliphatic rings. The third-order valence-corrected chi connectivity index (χ3v) is 4.98. The van der Waals surface area contributed by atoms with Crippen molar-refractivity contribution in [1.82, 2.24) is 10.6 Å². The molecule has 6 heteroatoms. The first kappa shape index (κ1) is 17.6. The lowest BCUT2D eigenvalue weighted by molar-refractivity contribution is -0.168. The summed E-state index contributed by atoms with van der Waals surface area (Å²) in [5.74, 6) is 1.76. The van der Waals surface area contributed by atoms with Gasteiger partial charge in [0, 0.05) is 25.1 Å². The van der Waals surface area contributed by atoms with Gasteiger partial charge in [0.1, 0.15) is 5.76 Å². The van der Waals surface area contributed by atoms with Crippen LogP contribution in [0.1, 0.15) is 38.4 Å². The van der Waals surface area contributed by atoms with Gasteiger partial charge in [-0.25, -0.2) is 0 Å². The summed E-state index contributed by atoms with van der Waals surface area (Å²) >= 11 is 0. The van der Waals surface area contributed by atoms with Crippen molar-refractivity contribution in [2.75, 3.05) is 13.7 Å². The van der Waals surface area contributed by atoms with Crippen molar-refractivity contribution in [3.8, 4) is 0 Å². The molecule has 0 bridgehead atoms. The van der Waals surface area contributed by atoms with E-state index in [1.807, 2.05) is 19.2 Å². The van der Waals surface area contributed by atoms with Crippen LogP contribution in [0.4, 0.5) is 0 Å². The summed E-state index contributed by atoms with van der Waals surface area (Å²) in [7, 11) is 1.81. The van der Waals surface area contributed by atoms with Gasteiger partial charge in [-0.1, -0.05) is 6.42 Å². The zero-order valence-corrected chi connectivity index (χ0v) is 15.6. The first-order valence-corrected chi connectivity index (χ1v) is 7.89. The molecular formula is C16H26IN3O2. The smallest absolute Gasteiger partial charge is 0.191 e. The SMILES string of the molecule is CCOC1CC(NC(=NC)NCc2ccco2)C12CCC2.I. The quantitative estimate of drug-likeness (QED) is 0.438. The van der Waals surface area contributed by atoms with Gasteiger partial charge in [0.15, 0.2) is 5.96 Å². The van der Waals surface area contributed by atoms with Crippen molar-refractivity contribution in [1.29, 1.82) is 0 Å². The van der Waals surface area contributed by atoms with Crippen molar-refractivity contribution < 1.29 is 9.15 Å². The highest BCUT2D eigenvalue weighted by atomic mass is 127. The second-order valence-electron chi connectivity index (χ2n) is 5.97. The molecule has 0 amide bonds. The van der Waals surface area contributed by atoms with Gasteiger partial charge >= 0.3 is 0 Å². The average molecular weight is 419 g/mol. The molecule has 2 unspecified atom stereocenters. The summed E-state index contributed by atoms with van der Waals surface area (Å²) in [5, 5.41) is 6.87. The number of rotatable bonds is 5. The zero-order chi connectivity index (χ0) is 14.7. The Morgan fingerprint density at radius 1 is 1.50 bits per heavy atom. The standard InChI is InChI=1S/C16H25N3O2.HI/c1-3-20-14-10-13(16(14)7-5-8-16)19-15(17-2)18-11-12-6-4-9-21-12;/h4,6,9,13-14H,3,5,7-8,10-11H2,1-2H3,(H2,17,18,19);1H. The van der Waals surface area contributed by atoms with E-state index >= 15 is 0 Å². The van der Waals surface area contributed by atoms with E-state index in [1.165, 1.54) is 19.3 Å². The van der Waals surface area contributed by atoms with Gasteiger partial charge in [0.25, 0.3) is 0 Å². The van der Waals surface area contributed by atoms with E-state index < -0.39 is 0 Å². The molecule has 2 saturated carbocycles. The Morgan fingerprint density at radius 2 is 2.32 bits per heavy atom. The summed E-state index contributed by atoms with van der Waals surface area (Å²) in [6, 6.07) is 4.34. The Labute approximate surface area is 149 Å². The molecule has 1 aromatic rings. The number of furan rings is 1. The van der Waals surface area contributed by atoms with Crippen LogP contribution in [0.15, 0.2) is 27.8 Å². The van der Waals surface area contributed by atoms with E-state index in [0.717, 1.165) is 24.7 Å². The number of guanidine groups is 1. The molecule has 1 aromatic heterocycles. The highest BCUT2D eigenvalue weighted by Gasteiger charge is 2.59. The second kappa shape index (κ2) is 7.68. The number of ether oxygens (including phenoxy) is 1. The third kappa shape index (κ3) is 3.27. The first-order chi connectivity index (χ1) is 10.3. The van der Waals surface area contributed by atoms with E-state index in [-0.39, 0.29) is 24.0 Å². The lowest BCUT2D eigenvalue weighted by atomic mass is 9.51. The molecule has 2 atom stereocenters. The Bertz CT molecular complexity index is 486. The summed E-state index contributed by atoms with van der Waals surface area (Å²) < 4.78 is 11.2. The van der Waals surface area contributed by atoms with E-state index in [9.17, 15) is 0 Å². The molecule has 3 rings (SSSR count). The molecule has 0 radical (unpaired) electrons. The predicted molar refractivity (Wildman–Crippen MR) is 97.6 cm³/mol. The molecule has 0 aliphatic heterocycles. The molecular weight excluding hydrogens is 393 g/mol. The van der Waals surface area contributed by atoms with Gasteiger partial charge in [0.05, 0.1) is 18.9 Å². The number of hydrogen-bond acceptors (Lipinski definition) is 3. The van der Waals surface area contributed by atoms with E-state index in [1.54, 1.807) is 6.26 Å². The number of aliphatic imine (C=N–C) groups is 1. The van der Waals surface area contributed by atoms with Crippen molar-refractivity contribution in [2.45, 2.75) is 51.3 Å². The Balaban J connectivity index is 0.00000176. The van der Waals surface area contributed by atoms with Gasteiger partial charge in [-0.2, -0.15) is 0 Å². The zero-order valence-electron chi connectivity index (χ0n) is 13.3. The van der Waals surface area contributed by atoms with Crippen molar-refractivity contribution in [2.24, 2.45) is 10.4 Å². The lowest BCUT2D eigenvalue weighted by Crippen LogP contribution is -2.68. The Morgan fingerprint density at radius 3 is 2.86 bits per heavy atom. The van der Waals surface area contributed by atoms with E-state index in [0.29, 0.717) is 24.1 Å². The van der Waals surface area contributed by atoms with Crippen molar-refractivity contribution >= 4 is 29.9 Å². The molecule has 2 N–H and O–H groups in total. The summed E-state index contributed by atoms with van der Waals surface area (Å²) in [4.78, 5) is 4.32. The highest BCUT2D eigenvalue weighted by Crippen LogP contribution is 2.57. The molecule has 1 heterocycles. The van der Waals surface area contributed by atoms with E-state index in [2.05, 4.69) is 22.5 Å². The maximum atomic E-state index is 5.88. The normalized spacial score (nSPS) is 25.8. The highest BCUT2D eigenvalue weighted by molar-refractivity contribution is 14.0. The minimum Gasteiger partial charge on any atom is -0.467 e. The van der Waals surface area contributed by atoms with Crippen LogP contribution >= 0.6 is 24.0 Å². The van der Waals surface area contributed by atoms with Crippen LogP contribution in [0.2, 0.25) is 0 Å². The average Bonchev–Trinajstić information content (AvgIpc) is 2.92. The van der Waals surface area contributed by atoms with Crippen molar-refractivity contribution in [3.63, 3.8) is 0 Å². The number of nitrogens with zero attached hydrogens (tertiary/aromatic N) is 1. The van der Waals surface area contributed by atoms with Crippen LogP contribution < -0.4 is 10.6 Å². The predicted octanol–water partition coefficient (Wildman–Crippen LogP) is 2.91. The monoisotopic (exact) mass is 419 g/mol. The molecule has 0 saturated heterocycles. The number of hydrogen-bond donors (Lipinski definition) is 2. The summed E-state index contributed by atoms with van der Waals surface area (Å²) in [5.41, 5.74) is 0.346. The fourth-order valence-electron chi connectivity index (χ4n) is 3.58. The maximum absolute atomic E-state index is 5.88. The fraction of sp³-hybridized carbons (Fsp3) is 0.688. The molecule has 1 spiro atoms. The van der Waals surface area contributed by atoms with Crippen LogP contribution in [0, 0.1) is 5.41 Å². The van der Waals surface area contributed by atoms with Gasteiger partial charge in [0.2, 0.25) is 0 Å². The minimum absolute atomic E-state index is 0. The van der Waals surface area contributed by atoms with Gasteiger partial charge < -0.3 is 19.8 Å². The van der Waals surface area contributed by atoms with Crippen LogP contribution in [0.3, 0.4) is 0 Å². The third-order valence-electron chi connectivity index (χ3n) is 4.98. The number of nitrogens with one attached hydrogen (secondary N) is 2. The Hall–Kier alpha value is -0.760. The summed E-state index contributed by atoms with van der Waals surface area (Å²) in [6.45, 7) is 3.54. The maximum Gasteiger partial charge on any atom is 0.191 e. The van der Waals surface area contributed by atoms with Gasteiger partial charge in [-0.3, -0.25) is 4.99 Å². The van der Waals surface area contributed by atoms with Crippen LogP contribution in [0.25, 0.3) is 0 Å². The van der Waals surface area contributed by atoms with Crippen LogP contribution in [0.5, 0.6) is 0 Å². The molecule has 5 nitrogen and oxygen atoms in total. The van der Waals surface area contributed by atoms with Crippen LogP contribution in [-0.4, -0.2) is 31.8 Å². The number of halogens is 1. The van der Waals surface area contributed by atoms with Gasteiger partial charge in [-0.15, -0.1) is 24.0 Å². The minimum atomic E-state index is 0. The lowest BCUT2D eigenvalue weighted by Gasteiger charge is -2.61. The molecule has 124 valence electrons. The molecule has 2 aliphatic carbocycles. The van der Waals surface area contributed by atoms with Crippen molar-refractivity contribution in [3.05, 3.63) is 24.2 Å². The van der Waals surface area contributed by atoms with E-state index in [4.69, 9.17) is 9.15 Å². The fourth-order valence-corrected chi connectivity index (χ4v) is 3.58. The molecule has 0 aromatic carbocycles. The second-order valence-corrected chi connectivity index (χ2v) is 5.97. The Kier molecular flexibility index (Phi) is 6.14. The largest absolute Gasteiger partial charge is 0.467 e. The molecule has 2 fully saturated rings. The topological polar surface area (TPSA) is 58.8 Å².